The topological polar surface area (TPSA) is 77.8 Å². The van der Waals surface area contributed by atoms with Gasteiger partial charge in [-0.05, 0) is 42.1 Å². The van der Waals surface area contributed by atoms with E-state index < -0.39 is 11.9 Å². The second kappa shape index (κ2) is 10.4. The van der Waals surface area contributed by atoms with Crippen LogP contribution >= 0.6 is 0 Å². The molecule has 0 fully saturated rings. The van der Waals surface area contributed by atoms with Gasteiger partial charge in [-0.15, -0.1) is 0 Å². The van der Waals surface area contributed by atoms with Gasteiger partial charge in [-0.2, -0.15) is 0 Å². The molecule has 0 saturated heterocycles. The van der Waals surface area contributed by atoms with Crippen molar-refractivity contribution in [2.24, 2.45) is 0 Å². The van der Waals surface area contributed by atoms with Gasteiger partial charge in [0.15, 0.2) is 0 Å². The van der Waals surface area contributed by atoms with Gasteiger partial charge in [0.25, 0.3) is 0 Å². The van der Waals surface area contributed by atoms with Crippen molar-refractivity contribution in [3.63, 3.8) is 0 Å². The van der Waals surface area contributed by atoms with Crippen LogP contribution in [-0.2, 0) is 22.6 Å². The molecule has 0 bridgehead atoms. The number of carboxylic acid groups (broad SMARTS) is 2. The Labute approximate surface area is 165 Å². The summed E-state index contributed by atoms with van der Waals surface area (Å²) in [5.74, 6) is -2.51. The molecule has 148 valence electrons. The summed E-state index contributed by atoms with van der Waals surface area (Å²) in [5, 5.41) is 15.6. The molecule has 0 aliphatic carbocycles. The lowest BCUT2D eigenvalue weighted by Gasteiger charge is -2.35. The lowest BCUT2D eigenvalue weighted by molar-refractivity contribution is -0.134. The van der Waals surface area contributed by atoms with Crippen molar-refractivity contribution in [1.29, 1.82) is 0 Å². The fourth-order valence-electron chi connectivity index (χ4n) is 3.49. The molecule has 1 unspecified atom stereocenters. The number of likely N-dealkylation sites (N-methyl/N-ethyl adjacent to an activating group) is 1. The molecule has 2 N–H and O–H groups in total. The fourth-order valence-corrected chi connectivity index (χ4v) is 3.49. The third-order valence-electron chi connectivity index (χ3n) is 4.83. The van der Waals surface area contributed by atoms with Crippen LogP contribution in [0.15, 0.2) is 60.7 Å². The van der Waals surface area contributed by atoms with Gasteiger partial charge in [0.1, 0.15) is 0 Å². The monoisotopic (exact) mass is 381 g/mol. The smallest absolute Gasteiger partial charge is 0.328 e. The SMILES string of the molecule is CCCC1Cc2cccc(-c3ccccc3)c2CN1C.O=C(O)/C=C\C(=O)O. The van der Waals surface area contributed by atoms with Gasteiger partial charge < -0.3 is 10.2 Å². The van der Waals surface area contributed by atoms with E-state index >= 15 is 0 Å². The largest absolute Gasteiger partial charge is 0.478 e. The Morgan fingerprint density at radius 3 is 2.25 bits per heavy atom. The van der Waals surface area contributed by atoms with E-state index in [-0.39, 0.29) is 0 Å². The average Bonchev–Trinajstić information content (AvgIpc) is 2.68. The van der Waals surface area contributed by atoms with E-state index in [0.717, 1.165) is 6.54 Å². The molecule has 1 aliphatic heterocycles. The van der Waals surface area contributed by atoms with Crippen molar-refractivity contribution in [2.45, 2.75) is 38.8 Å². The maximum atomic E-state index is 9.55. The number of rotatable bonds is 5. The number of aliphatic carboxylic acids is 2. The molecule has 0 spiro atoms. The van der Waals surface area contributed by atoms with Gasteiger partial charge in [0.2, 0.25) is 0 Å². The van der Waals surface area contributed by atoms with Crippen molar-refractivity contribution in [3.8, 4) is 11.1 Å². The summed E-state index contributed by atoms with van der Waals surface area (Å²) in [6.45, 7) is 3.36. The average molecular weight is 381 g/mol. The van der Waals surface area contributed by atoms with Crippen LogP contribution in [0.5, 0.6) is 0 Å². The standard InChI is InChI=1S/C19H23N.C4H4O4/c1-3-8-17-13-16-11-7-12-18(19(16)14-20(17)2)15-9-5-4-6-10-15;5-3(6)1-2-4(7)8/h4-7,9-12,17H,3,8,13-14H2,1-2H3;1-2H,(H,5,6)(H,7,8)/b;2-1-. The fraction of sp³-hybridized carbons (Fsp3) is 0.304. The molecule has 0 saturated carbocycles. The van der Waals surface area contributed by atoms with Crippen molar-refractivity contribution in [3.05, 3.63) is 71.8 Å². The number of hydrogen-bond donors (Lipinski definition) is 2. The molecule has 3 rings (SSSR count). The molecule has 5 heteroatoms. The highest BCUT2D eigenvalue weighted by molar-refractivity contribution is 5.89. The highest BCUT2D eigenvalue weighted by atomic mass is 16.4. The van der Waals surface area contributed by atoms with E-state index in [1.165, 1.54) is 36.0 Å². The summed E-state index contributed by atoms with van der Waals surface area (Å²) in [6.07, 6.45) is 4.87. The van der Waals surface area contributed by atoms with Crippen molar-refractivity contribution in [1.82, 2.24) is 4.90 Å². The van der Waals surface area contributed by atoms with Crippen LogP contribution in [-0.4, -0.2) is 40.1 Å². The van der Waals surface area contributed by atoms with Crippen LogP contribution in [0.1, 0.15) is 30.9 Å². The minimum atomic E-state index is -1.26. The first-order chi connectivity index (χ1) is 13.4. The van der Waals surface area contributed by atoms with E-state index in [2.05, 4.69) is 67.4 Å². The molecule has 0 radical (unpaired) electrons. The maximum Gasteiger partial charge on any atom is 0.328 e. The van der Waals surface area contributed by atoms with Crippen molar-refractivity contribution >= 4 is 11.9 Å². The summed E-state index contributed by atoms with van der Waals surface area (Å²) in [6, 6.07) is 18.3. The first-order valence-electron chi connectivity index (χ1n) is 9.42. The van der Waals surface area contributed by atoms with E-state index in [1.54, 1.807) is 5.56 Å². The van der Waals surface area contributed by atoms with Gasteiger partial charge in [-0.1, -0.05) is 61.9 Å². The van der Waals surface area contributed by atoms with Crippen LogP contribution in [0.25, 0.3) is 11.1 Å². The van der Waals surface area contributed by atoms with Crippen molar-refractivity contribution < 1.29 is 19.8 Å². The first-order valence-corrected chi connectivity index (χ1v) is 9.42. The summed E-state index contributed by atoms with van der Waals surface area (Å²) in [7, 11) is 2.27. The van der Waals surface area contributed by atoms with Crippen LogP contribution in [0.2, 0.25) is 0 Å². The number of fused-ring (bicyclic) bond motifs is 1. The molecule has 1 atom stereocenters. The van der Waals surface area contributed by atoms with E-state index in [4.69, 9.17) is 10.2 Å². The Morgan fingerprint density at radius 1 is 1.04 bits per heavy atom. The van der Waals surface area contributed by atoms with Gasteiger partial charge in [0.05, 0.1) is 0 Å². The third-order valence-corrected chi connectivity index (χ3v) is 4.83. The highest BCUT2D eigenvalue weighted by Crippen LogP contribution is 2.32. The number of carboxylic acids is 2. The number of nitrogens with zero attached hydrogens (tertiary/aromatic N) is 1. The molecule has 1 heterocycles. The zero-order valence-corrected chi connectivity index (χ0v) is 16.3. The van der Waals surface area contributed by atoms with Crippen LogP contribution < -0.4 is 0 Å². The van der Waals surface area contributed by atoms with Crippen LogP contribution in [0.4, 0.5) is 0 Å². The molecule has 0 amide bonds. The van der Waals surface area contributed by atoms with Crippen LogP contribution in [0.3, 0.4) is 0 Å². The molecule has 2 aromatic rings. The minimum Gasteiger partial charge on any atom is -0.478 e. The normalized spacial score (nSPS) is 16.1. The van der Waals surface area contributed by atoms with E-state index in [9.17, 15) is 9.59 Å². The second-order valence-corrected chi connectivity index (χ2v) is 6.88. The van der Waals surface area contributed by atoms with Gasteiger partial charge >= 0.3 is 11.9 Å². The van der Waals surface area contributed by atoms with Crippen LogP contribution in [0, 0.1) is 0 Å². The number of benzene rings is 2. The molecular weight excluding hydrogens is 354 g/mol. The summed E-state index contributed by atoms with van der Waals surface area (Å²) >= 11 is 0. The van der Waals surface area contributed by atoms with E-state index in [1.807, 2.05) is 0 Å². The Balaban J connectivity index is 0.000000300. The van der Waals surface area contributed by atoms with Crippen molar-refractivity contribution in [2.75, 3.05) is 7.05 Å². The lowest BCUT2D eigenvalue weighted by atomic mass is 9.87. The molecule has 0 aromatic heterocycles. The van der Waals surface area contributed by atoms with Gasteiger partial charge in [-0.3, -0.25) is 4.90 Å². The predicted molar refractivity (Wildman–Crippen MR) is 110 cm³/mol. The summed E-state index contributed by atoms with van der Waals surface area (Å²) < 4.78 is 0. The maximum absolute atomic E-state index is 9.55. The van der Waals surface area contributed by atoms with Gasteiger partial charge in [-0.25, -0.2) is 9.59 Å². The highest BCUT2D eigenvalue weighted by Gasteiger charge is 2.24. The van der Waals surface area contributed by atoms with E-state index in [0.29, 0.717) is 18.2 Å². The Morgan fingerprint density at radius 2 is 1.68 bits per heavy atom. The zero-order valence-electron chi connectivity index (χ0n) is 16.3. The first kappa shape index (κ1) is 21.4. The summed E-state index contributed by atoms with van der Waals surface area (Å²) in [5.41, 5.74) is 5.81. The summed E-state index contributed by atoms with van der Waals surface area (Å²) in [4.78, 5) is 21.6. The third kappa shape index (κ3) is 6.06. The number of carbonyl (C=O) groups is 2. The molecule has 1 aliphatic rings. The Kier molecular flexibility index (Phi) is 7.96. The number of hydrogen-bond acceptors (Lipinski definition) is 3. The second-order valence-electron chi connectivity index (χ2n) is 6.88. The molecule has 2 aromatic carbocycles. The van der Waals surface area contributed by atoms with Gasteiger partial charge in [0, 0.05) is 24.7 Å². The Hall–Kier alpha value is -2.92. The minimum absolute atomic E-state index is 0.558. The predicted octanol–water partition coefficient (Wildman–Crippen LogP) is 4.22. The molecule has 5 nitrogen and oxygen atoms in total. The lowest BCUT2D eigenvalue weighted by Crippen LogP contribution is -2.37. The molecular formula is C23H27NO4. The quantitative estimate of drug-likeness (QED) is 0.758. The zero-order chi connectivity index (χ0) is 20.5. The Bertz CT molecular complexity index is 814. The molecule has 28 heavy (non-hydrogen) atoms.